The maximum atomic E-state index is 12.3. The third-order valence-corrected chi connectivity index (χ3v) is 2.95. The Balaban J connectivity index is 2.93. The van der Waals surface area contributed by atoms with Crippen LogP contribution in [0.15, 0.2) is 41.7 Å². The van der Waals surface area contributed by atoms with E-state index in [1.807, 2.05) is 0 Å². The van der Waals surface area contributed by atoms with Gasteiger partial charge in [0.25, 0.3) is 5.91 Å². The van der Waals surface area contributed by atoms with Gasteiger partial charge in [-0.15, -0.1) is 0 Å². The van der Waals surface area contributed by atoms with Crippen LogP contribution in [-0.4, -0.2) is 15.0 Å². The van der Waals surface area contributed by atoms with E-state index in [9.17, 15) is 9.59 Å². The van der Waals surface area contributed by atoms with Crippen molar-refractivity contribution in [1.29, 1.82) is 0 Å². The molecule has 0 spiro atoms. The average Bonchev–Trinajstić information content (AvgIpc) is 2.60. The molecule has 0 atom stereocenters. The zero-order chi connectivity index (χ0) is 14.2. The summed E-state index contributed by atoms with van der Waals surface area (Å²) in [6.07, 6.45) is 2.94. The summed E-state index contributed by atoms with van der Waals surface area (Å²) in [6.45, 7) is 7.18. The smallest absolute Gasteiger partial charge is 0.269 e. The van der Waals surface area contributed by atoms with Gasteiger partial charge in [-0.05, 0) is 38.1 Å². The number of benzene rings is 1. The zero-order valence-electron chi connectivity index (χ0n) is 10.7. The summed E-state index contributed by atoms with van der Waals surface area (Å²) in [4.78, 5) is 24.3. The molecule has 19 heavy (non-hydrogen) atoms. The van der Waals surface area contributed by atoms with E-state index in [-0.39, 0.29) is 5.91 Å². The second-order valence-corrected chi connectivity index (χ2v) is 4.60. The lowest BCUT2D eigenvalue weighted by Crippen LogP contribution is -2.27. The molecule has 0 saturated carbocycles. The second-order valence-electron chi connectivity index (χ2n) is 4.16. The normalized spacial score (nSPS) is 11.3. The second kappa shape index (κ2) is 4.90. The van der Waals surface area contributed by atoms with E-state index in [2.05, 4.69) is 6.58 Å². The van der Waals surface area contributed by atoms with Gasteiger partial charge in [-0.2, -0.15) is 0 Å². The number of carbonyl (C=O) groups is 1. The maximum Gasteiger partial charge on any atom is 0.340 e. The fourth-order valence-electron chi connectivity index (χ4n) is 1.97. The number of imidazole rings is 1. The number of nitrogens with zero attached hydrogens (tertiary/aromatic N) is 2. The first-order valence-electron chi connectivity index (χ1n) is 5.73. The number of fused-ring (bicyclic) bond motifs is 1. The quantitative estimate of drug-likeness (QED) is 0.791. The molecule has 0 N–H and O–H groups in total. The van der Waals surface area contributed by atoms with Gasteiger partial charge in [0.15, 0.2) is 0 Å². The van der Waals surface area contributed by atoms with E-state index in [1.54, 1.807) is 38.1 Å². The van der Waals surface area contributed by atoms with Gasteiger partial charge in [0, 0.05) is 10.7 Å². The molecular weight excluding hydrogens is 264 g/mol. The Hall–Kier alpha value is -2.07. The molecule has 1 aromatic heterocycles. The molecule has 0 aliphatic carbocycles. The van der Waals surface area contributed by atoms with Crippen LogP contribution in [0.2, 0.25) is 5.02 Å². The van der Waals surface area contributed by atoms with Crippen molar-refractivity contribution in [3.05, 3.63) is 52.4 Å². The van der Waals surface area contributed by atoms with E-state index >= 15 is 0 Å². The van der Waals surface area contributed by atoms with Gasteiger partial charge < -0.3 is 0 Å². The van der Waals surface area contributed by atoms with E-state index < -0.39 is 5.69 Å². The van der Waals surface area contributed by atoms with Crippen molar-refractivity contribution in [2.75, 3.05) is 0 Å². The molecule has 4 nitrogen and oxygen atoms in total. The number of halogens is 1. The molecule has 1 heterocycles. The van der Waals surface area contributed by atoms with Gasteiger partial charge >= 0.3 is 5.69 Å². The predicted molar refractivity (Wildman–Crippen MR) is 77.7 cm³/mol. The number of allylic oxidation sites excluding steroid dienone is 3. The molecule has 1 aromatic carbocycles. The molecule has 2 rings (SSSR count). The van der Waals surface area contributed by atoms with Crippen LogP contribution in [0.4, 0.5) is 0 Å². The zero-order valence-corrected chi connectivity index (χ0v) is 11.4. The number of carbonyl (C=O) groups excluding carboxylic acids is 1. The summed E-state index contributed by atoms with van der Waals surface area (Å²) < 4.78 is 2.49. The Labute approximate surface area is 115 Å². The highest BCUT2D eigenvalue weighted by Gasteiger charge is 2.17. The van der Waals surface area contributed by atoms with Crippen molar-refractivity contribution in [3.63, 3.8) is 0 Å². The van der Waals surface area contributed by atoms with E-state index in [0.29, 0.717) is 21.8 Å². The minimum Gasteiger partial charge on any atom is -0.269 e. The van der Waals surface area contributed by atoms with Gasteiger partial charge in [0.05, 0.1) is 11.0 Å². The topological polar surface area (TPSA) is 44.0 Å². The standard InChI is InChI=1S/C14H13ClN2O2/c1-4-5-13(18)17-11-7-6-10(15)8-12(11)16(9(2)3)14(17)19/h4-8H,2H2,1,3H3. The third-order valence-electron chi connectivity index (χ3n) is 2.71. The van der Waals surface area contributed by atoms with Crippen LogP contribution in [0.3, 0.4) is 0 Å². The monoisotopic (exact) mass is 276 g/mol. The largest absolute Gasteiger partial charge is 0.340 e. The predicted octanol–water partition coefficient (Wildman–Crippen LogP) is 3.16. The van der Waals surface area contributed by atoms with E-state index in [0.717, 1.165) is 4.57 Å². The van der Waals surface area contributed by atoms with Crippen LogP contribution in [0.25, 0.3) is 16.7 Å². The highest BCUT2D eigenvalue weighted by molar-refractivity contribution is 6.31. The Morgan fingerprint density at radius 3 is 2.58 bits per heavy atom. The van der Waals surface area contributed by atoms with Crippen molar-refractivity contribution in [2.45, 2.75) is 13.8 Å². The SMILES string of the molecule is C=C(C)n1c(=O)n(C(=O)C=CC)c2ccc(Cl)cc21. The lowest BCUT2D eigenvalue weighted by Gasteiger charge is -2.00. The molecule has 0 fully saturated rings. The molecule has 0 bridgehead atoms. The highest BCUT2D eigenvalue weighted by atomic mass is 35.5. The van der Waals surface area contributed by atoms with Crippen molar-refractivity contribution in [3.8, 4) is 0 Å². The summed E-state index contributed by atoms with van der Waals surface area (Å²) in [5.74, 6) is -0.389. The average molecular weight is 277 g/mol. The number of aromatic nitrogens is 2. The van der Waals surface area contributed by atoms with Crippen LogP contribution >= 0.6 is 11.6 Å². The minimum atomic E-state index is -0.437. The van der Waals surface area contributed by atoms with Crippen molar-refractivity contribution in [2.24, 2.45) is 0 Å². The van der Waals surface area contributed by atoms with Crippen LogP contribution in [0.5, 0.6) is 0 Å². The lowest BCUT2D eigenvalue weighted by molar-refractivity contribution is 0.0969. The summed E-state index contributed by atoms with van der Waals surface area (Å²) >= 11 is 5.94. The van der Waals surface area contributed by atoms with Gasteiger partial charge in [-0.1, -0.05) is 24.3 Å². The molecule has 2 aromatic rings. The first-order chi connectivity index (χ1) is 8.97. The Morgan fingerprint density at radius 1 is 1.32 bits per heavy atom. The van der Waals surface area contributed by atoms with E-state index in [1.165, 1.54) is 10.6 Å². The van der Waals surface area contributed by atoms with Crippen molar-refractivity contribution in [1.82, 2.24) is 9.13 Å². The molecule has 0 aliphatic rings. The summed E-state index contributed by atoms with van der Waals surface area (Å²) in [5.41, 5.74) is 1.18. The molecule has 0 unspecified atom stereocenters. The highest BCUT2D eigenvalue weighted by Crippen LogP contribution is 2.20. The fraction of sp³-hybridized carbons (Fsp3) is 0.143. The Kier molecular flexibility index (Phi) is 3.44. The van der Waals surface area contributed by atoms with Crippen molar-refractivity contribution >= 4 is 34.2 Å². The summed E-state index contributed by atoms with van der Waals surface area (Å²) in [5, 5.41) is 0.498. The Bertz CT molecular complexity index is 766. The fourth-order valence-corrected chi connectivity index (χ4v) is 2.14. The number of hydrogen-bond acceptors (Lipinski definition) is 2. The first-order valence-corrected chi connectivity index (χ1v) is 6.11. The van der Waals surface area contributed by atoms with Crippen molar-refractivity contribution < 1.29 is 4.79 Å². The number of hydrogen-bond donors (Lipinski definition) is 0. The number of rotatable bonds is 2. The molecule has 0 saturated heterocycles. The molecule has 0 radical (unpaired) electrons. The van der Waals surface area contributed by atoms with Gasteiger partial charge in [0.2, 0.25) is 0 Å². The summed E-state index contributed by atoms with van der Waals surface area (Å²) in [7, 11) is 0. The van der Waals surface area contributed by atoms with Crippen LogP contribution in [0.1, 0.15) is 18.6 Å². The van der Waals surface area contributed by atoms with Gasteiger partial charge in [-0.3, -0.25) is 9.36 Å². The Morgan fingerprint density at radius 2 is 2.00 bits per heavy atom. The molecule has 5 heteroatoms. The maximum absolute atomic E-state index is 12.3. The van der Waals surface area contributed by atoms with Crippen LogP contribution in [-0.2, 0) is 0 Å². The van der Waals surface area contributed by atoms with Gasteiger partial charge in [0.1, 0.15) is 0 Å². The first kappa shape index (κ1) is 13.4. The summed E-state index contributed by atoms with van der Waals surface area (Å²) in [6, 6.07) is 4.94. The molecule has 0 aliphatic heterocycles. The van der Waals surface area contributed by atoms with Crippen LogP contribution < -0.4 is 5.69 Å². The minimum absolute atomic E-state index is 0.389. The molecule has 0 amide bonds. The van der Waals surface area contributed by atoms with E-state index in [4.69, 9.17) is 11.6 Å². The lowest BCUT2D eigenvalue weighted by atomic mass is 10.3. The molecule has 98 valence electrons. The van der Waals surface area contributed by atoms with Gasteiger partial charge in [-0.25, -0.2) is 9.36 Å². The molecular formula is C14H13ClN2O2. The van der Waals surface area contributed by atoms with Crippen LogP contribution in [0, 0.1) is 0 Å². The third kappa shape index (κ3) is 2.15.